The standard InChI is InChI=1S/C25H52NO4P/c1-5-6-7-8-9-10-11-12-13-14-15-16-18-21-24(27)26-22-19-17-20-23-30-31(28,29)25(2,3)4/h5-23H2,1-4H3,(H,26,27)(H,28,29). The van der Waals surface area contributed by atoms with Gasteiger partial charge in [0.1, 0.15) is 0 Å². The van der Waals surface area contributed by atoms with E-state index in [1.165, 1.54) is 70.6 Å². The zero-order valence-corrected chi connectivity index (χ0v) is 21.9. The molecule has 0 spiro atoms. The third kappa shape index (κ3) is 18.9. The molecule has 0 aromatic heterocycles. The van der Waals surface area contributed by atoms with Crippen molar-refractivity contribution in [1.82, 2.24) is 5.32 Å². The van der Waals surface area contributed by atoms with Gasteiger partial charge in [0.25, 0.3) is 0 Å². The number of nitrogens with one attached hydrogen (secondary N) is 1. The van der Waals surface area contributed by atoms with Crippen LogP contribution in [0.2, 0.25) is 0 Å². The largest absolute Gasteiger partial charge is 0.356 e. The first-order chi connectivity index (χ1) is 14.7. The van der Waals surface area contributed by atoms with E-state index in [0.717, 1.165) is 32.1 Å². The highest BCUT2D eigenvalue weighted by Gasteiger charge is 2.35. The fraction of sp³-hybridized carbons (Fsp3) is 0.960. The summed E-state index contributed by atoms with van der Waals surface area (Å²) in [6, 6.07) is 0. The van der Waals surface area contributed by atoms with Crippen molar-refractivity contribution in [3.63, 3.8) is 0 Å². The first-order valence-corrected chi connectivity index (χ1v) is 14.5. The van der Waals surface area contributed by atoms with Gasteiger partial charge in [-0.25, -0.2) is 0 Å². The topological polar surface area (TPSA) is 75.6 Å². The van der Waals surface area contributed by atoms with Crippen LogP contribution < -0.4 is 5.32 Å². The SMILES string of the molecule is CCCCCCCCCCCCCCCC(=O)NCCCCCOP(=O)(O)C(C)(C)C. The molecular weight excluding hydrogens is 409 g/mol. The van der Waals surface area contributed by atoms with Crippen LogP contribution in [-0.2, 0) is 13.9 Å². The first kappa shape index (κ1) is 30.6. The minimum atomic E-state index is -3.55. The predicted octanol–water partition coefficient (Wildman–Crippen LogP) is 7.75. The van der Waals surface area contributed by atoms with Crippen LogP contribution in [0.1, 0.15) is 137 Å². The molecule has 1 unspecified atom stereocenters. The molecule has 0 heterocycles. The lowest BCUT2D eigenvalue weighted by molar-refractivity contribution is -0.121. The second-order valence-corrected chi connectivity index (χ2v) is 12.6. The van der Waals surface area contributed by atoms with Gasteiger partial charge < -0.3 is 14.7 Å². The summed E-state index contributed by atoms with van der Waals surface area (Å²) >= 11 is 0. The van der Waals surface area contributed by atoms with Gasteiger partial charge in [0.15, 0.2) is 0 Å². The maximum absolute atomic E-state index is 12.0. The summed E-state index contributed by atoms with van der Waals surface area (Å²) in [6.45, 7) is 8.36. The van der Waals surface area contributed by atoms with Crippen LogP contribution in [0.25, 0.3) is 0 Å². The van der Waals surface area contributed by atoms with Crippen molar-refractivity contribution < 1.29 is 18.8 Å². The second kappa shape index (κ2) is 19.1. The molecule has 0 saturated heterocycles. The summed E-state index contributed by atoms with van der Waals surface area (Å²) < 4.78 is 17.1. The molecule has 6 heteroatoms. The van der Waals surface area contributed by atoms with Gasteiger partial charge in [-0.2, -0.15) is 0 Å². The van der Waals surface area contributed by atoms with Crippen molar-refractivity contribution in [3.8, 4) is 0 Å². The van der Waals surface area contributed by atoms with Crippen molar-refractivity contribution in [2.24, 2.45) is 0 Å². The van der Waals surface area contributed by atoms with Crippen LogP contribution in [0.3, 0.4) is 0 Å². The zero-order valence-electron chi connectivity index (χ0n) is 21.1. The summed E-state index contributed by atoms with van der Waals surface area (Å²) in [6.07, 6.45) is 20.2. The number of carbonyl (C=O) groups excluding carboxylic acids is 1. The average Bonchev–Trinajstić information content (AvgIpc) is 2.69. The molecule has 2 N–H and O–H groups in total. The number of rotatable bonds is 21. The smallest absolute Gasteiger partial charge is 0.333 e. The summed E-state index contributed by atoms with van der Waals surface area (Å²) in [4.78, 5) is 21.7. The van der Waals surface area contributed by atoms with E-state index in [9.17, 15) is 14.3 Å². The summed E-state index contributed by atoms with van der Waals surface area (Å²) in [7, 11) is -3.55. The van der Waals surface area contributed by atoms with Gasteiger partial charge in [0.2, 0.25) is 5.91 Å². The molecule has 0 saturated carbocycles. The van der Waals surface area contributed by atoms with E-state index in [0.29, 0.717) is 13.0 Å². The minimum absolute atomic E-state index is 0.145. The normalized spacial score (nSPS) is 13.8. The van der Waals surface area contributed by atoms with Crippen LogP contribution in [0, 0.1) is 0 Å². The highest BCUT2D eigenvalue weighted by atomic mass is 31.2. The Morgan fingerprint density at radius 1 is 0.774 bits per heavy atom. The van der Waals surface area contributed by atoms with Crippen molar-refractivity contribution in [3.05, 3.63) is 0 Å². The molecule has 0 aliphatic carbocycles. The molecule has 0 bridgehead atoms. The quantitative estimate of drug-likeness (QED) is 0.135. The fourth-order valence-electron chi connectivity index (χ4n) is 3.41. The lowest BCUT2D eigenvalue weighted by Gasteiger charge is -2.24. The van der Waals surface area contributed by atoms with E-state index in [1.54, 1.807) is 20.8 Å². The van der Waals surface area contributed by atoms with E-state index >= 15 is 0 Å². The molecule has 0 fully saturated rings. The van der Waals surface area contributed by atoms with Gasteiger partial charge in [0.05, 0.1) is 11.8 Å². The number of amides is 1. The van der Waals surface area contributed by atoms with Gasteiger partial charge in [-0.15, -0.1) is 0 Å². The van der Waals surface area contributed by atoms with Gasteiger partial charge in [0, 0.05) is 13.0 Å². The average molecular weight is 462 g/mol. The predicted molar refractivity (Wildman–Crippen MR) is 133 cm³/mol. The Balaban J connectivity index is 3.35. The Hall–Kier alpha value is -0.380. The molecule has 0 aliphatic heterocycles. The van der Waals surface area contributed by atoms with Crippen LogP contribution >= 0.6 is 7.60 Å². The number of unbranched alkanes of at least 4 members (excludes halogenated alkanes) is 14. The Morgan fingerprint density at radius 2 is 1.23 bits per heavy atom. The monoisotopic (exact) mass is 461 g/mol. The number of carbonyl (C=O) groups is 1. The van der Waals surface area contributed by atoms with Gasteiger partial charge in [-0.1, -0.05) is 84.0 Å². The molecule has 186 valence electrons. The van der Waals surface area contributed by atoms with Crippen LogP contribution in [0.5, 0.6) is 0 Å². The van der Waals surface area contributed by atoms with Gasteiger partial charge in [-0.3, -0.25) is 9.36 Å². The lowest BCUT2D eigenvalue weighted by Crippen LogP contribution is -2.24. The molecular formula is C25H52NO4P. The van der Waals surface area contributed by atoms with E-state index < -0.39 is 12.8 Å². The third-order valence-electron chi connectivity index (χ3n) is 5.76. The number of hydrogen-bond acceptors (Lipinski definition) is 3. The lowest BCUT2D eigenvalue weighted by atomic mass is 10.0. The van der Waals surface area contributed by atoms with Crippen molar-refractivity contribution >= 4 is 13.5 Å². The van der Waals surface area contributed by atoms with E-state index in [2.05, 4.69) is 12.2 Å². The third-order valence-corrected chi connectivity index (χ3v) is 7.99. The van der Waals surface area contributed by atoms with Gasteiger partial charge >= 0.3 is 7.60 Å². The van der Waals surface area contributed by atoms with Crippen molar-refractivity contribution in [2.45, 2.75) is 142 Å². The summed E-state index contributed by atoms with van der Waals surface area (Å²) in [5.41, 5.74) is 0. The van der Waals surface area contributed by atoms with Gasteiger partial charge in [-0.05, 0) is 46.5 Å². The Morgan fingerprint density at radius 3 is 1.71 bits per heavy atom. The van der Waals surface area contributed by atoms with Crippen molar-refractivity contribution in [1.29, 1.82) is 0 Å². The Kier molecular flexibility index (Phi) is 18.9. The molecule has 1 amide bonds. The molecule has 0 aromatic carbocycles. The van der Waals surface area contributed by atoms with E-state index in [1.807, 2.05) is 0 Å². The Bertz CT molecular complexity index is 477. The van der Waals surface area contributed by atoms with Crippen LogP contribution in [0.15, 0.2) is 0 Å². The second-order valence-electron chi connectivity index (χ2n) is 9.93. The molecule has 0 rings (SSSR count). The highest BCUT2D eigenvalue weighted by Crippen LogP contribution is 2.54. The Labute approximate surface area is 193 Å². The summed E-state index contributed by atoms with van der Waals surface area (Å²) in [5.74, 6) is 0.145. The molecule has 0 aromatic rings. The van der Waals surface area contributed by atoms with E-state index in [4.69, 9.17) is 4.52 Å². The van der Waals surface area contributed by atoms with E-state index in [-0.39, 0.29) is 12.5 Å². The fourth-order valence-corrected chi connectivity index (χ4v) is 4.17. The molecule has 1 atom stereocenters. The maximum atomic E-state index is 12.0. The number of hydrogen-bond donors (Lipinski definition) is 2. The molecule has 0 radical (unpaired) electrons. The zero-order chi connectivity index (χ0) is 23.4. The molecule has 0 aliphatic rings. The molecule has 31 heavy (non-hydrogen) atoms. The summed E-state index contributed by atoms with van der Waals surface area (Å²) in [5, 5.41) is 2.23. The van der Waals surface area contributed by atoms with Crippen LogP contribution in [-0.4, -0.2) is 29.1 Å². The minimum Gasteiger partial charge on any atom is -0.356 e. The van der Waals surface area contributed by atoms with Crippen molar-refractivity contribution in [2.75, 3.05) is 13.2 Å². The first-order valence-electron chi connectivity index (χ1n) is 12.9. The van der Waals surface area contributed by atoms with Crippen LogP contribution in [0.4, 0.5) is 0 Å². The maximum Gasteiger partial charge on any atom is 0.333 e. The highest BCUT2D eigenvalue weighted by molar-refractivity contribution is 7.54. The molecule has 5 nitrogen and oxygen atoms in total.